The summed E-state index contributed by atoms with van der Waals surface area (Å²) in [5, 5.41) is 11.3. The van der Waals surface area contributed by atoms with Gasteiger partial charge in [-0.25, -0.2) is 4.99 Å². The quantitative estimate of drug-likeness (QED) is 0.409. The fourth-order valence-corrected chi connectivity index (χ4v) is 2.49. The van der Waals surface area contributed by atoms with Gasteiger partial charge < -0.3 is 16.0 Å². The second-order valence-corrected chi connectivity index (χ2v) is 5.73. The zero-order valence-electron chi connectivity index (χ0n) is 13.1. The average molecular weight is 331 g/mol. The van der Waals surface area contributed by atoms with Crippen molar-refractivity contribution in [2.24, 2.45) is 4.99 Å². The first-order valence-electron chi connectivity index (χ1n) is 7.52. The lowest BCUT2D eigenvalue weighted by Crippen LogP contribution is -2.41. The van der Waals surface area contributed by atoms with Crippen LogP contribution in [0, 0.1) is 0 Å². The molecule has 6 nitrogen and oxygen atoms in total. The minimum Gasteiger partial charge on any atom is -0.357 e. The number of pyridine rings is 1. The van der Waals surface area contributed by atoms with Crippen LogP contribution in [-0.4, -0.2) is 36.5 Å². The van der Waals surface area contributed by atoms with Gasteiger partial charge in [0.25, 0.3) is 5.91 Å². The number of nitrogens with one attached hydrogen (secondary N) is 3. The third-order valence-corrected chi connectivity index (χ3v) is 3.81. The summed E-state index contributed by atoms with van der Waals surface area (Å²) in [6, 6.07) is 7.56. The zero-order valence-corrected chi connectivity index (χ0v) is 13.9. The molecular weight excluding hydrogens is 310 g/mol. The summed E-state index contributed by atoms with van der Waals surface area (Å²) in [7, 11) is 0. The number of nitrogens with zero attached hydrogens (tertiary/aromatic N) is 2. The molecule has 0 bridgehead atoms. The highest BCUT2D eigenvalue weighted by Crippen LogP contribution is 2.09. The summed E-state index contributed by atoms with van der Waals surface area (Å²) in [5.74, 6) is 0.622. The van der Waals surface area contributed by atoms with E-state index in [1.54, 1.807) is 35.9 Å². The van der Waals surface area contributed by atoms with Crippen LogP contribution in [0.1, 0.15) is 22.2 Å². The Balaban J connectivity index is 1.73. The molecule has 0 saturated heterocycles. The molecule has 0 radical (unpaired) electrons. The molecule has 0 fully saturated rings. The van der Waals surface area contributed by atoms with Crippen LogP contribution in [0.2, 0.25) is 0 Å². The molecule has 23 heavy (non-hydrogen) atoms. The van der Waals surface area contributed by atoms with Gasteiger partial charge in [0.15, 0.2) is 5.96 Å². The smallest absolute Gasteiger partial charge is 0.252 e. The number of carbonyl (C=O) groups excluding carboxylic acids is 1. The molecule has 122 valence electrons. The van der Waals surface area contributed by atoms with E-state index >= 15 is 0 Å². The number of aliphatic imine (C=N–C) groups is 1. The second-order valence-electron chi connectivity index (χ2n) is 4.70. The minimum absolute atomic E-state index is 0.125. The van der Waals surface area contributed by atoms with Crippen molar-refractivity contribution in [2.45, 2.75) is 13.5 Å². The largest absolute Gasteiger partial charge is 0.357 e. The molecule has 7 heteroatoms. The maximum Gasteiger partial charge on any atom is 0.252 e. The van der Waals surface area contributed by atoms with Crippen LogP contribution in [0.3, 0.4) is 0 Å². The fraction of sp³-hybridized carbons (Fsp3) is 0.312. The third kappa shape index (κ3) is 6.07. The SMILES string of the molecule is CCNC(=NCc1cccs1)NCCNC(=O)c1cccnc1. The third-order valence-electron chi connectivity index (χ3n) is 2.94. The van der Waals surface area contributed by atoms with Crippen LogP contribution in [0.5, 0.6) is 0 Å². The van der Waals surface area contributed by atoms with Crippen LogP contribution >= 0.6 is 11.3 Å². The van der Waals surface area contributed by atoms with E-state index in [0.717, 1.165) is 12.5 Å². The number of thiophene rings is 1. The number of amides is 1. The summed E-state index contributed by atoms with van der Waals surface area (Å²) in [4.78, 5) is 21.5. The highest BCUT2D eigenvalue weighted by atomic mass is 32.1. The number of aromatic nitrogens is 1. The fourth-order valence-electron chi connectivity index (χ4n) is 1.86. The Kier molecular flexibility index (Phi) is 7.06. The van der Waals surface area contributed by atoms with Crippen molar-refractivity contribution in [3.8, 4) is 0 Å². The summed E-state index contributed by atoms with van der Waals surface area (Å²) < 4.78 is 0. The number of hydrogen-bond acceptors (Lipinski definition) is 4. The van der Waals surface area contributed by atoms with Gasteiger partial charge in [-0.05, 0) is 30.5 Å². The first-order chi connectivity index (χ1) is 11.3. The molecule has 0 aromatic carbocycles. The molecule has 2 aromatic heterocycles. The lowest BCUT2D eigenvalue weighted by molar-refractivity contribution is 0.0954. The Bertz CT molecular complexity index is 613. The van der Waals surface area contributed by atoms with E-state index in [1.165, 1.54) is 4.88 Å². The first-order valence-corrected chi connectivity index (χ1v) is 8.40. The minimum atomic E-state index is -0.125. The van der Waals surface area contributed by atoms with Crippen LogP contribution < -0.4 is 16.0 Å². The predicted molar refractivity (Wildman–Crippen MR) is 93.7 cm³/mol. The lowest BCUT2D eigenvalue weighted by atomic mass is 10.3. The van der Waals surface area contributed by atoms with Gasteiger partial charge >= 0.3 is 0 Å². The van der Waals surface area contributed by atoms with Crippen LogP contribution in [0.15, 0.2) is 47.0 Å². The van der Waals surface area contributed by atoms with Gasteiger partial charge in [-0.3, -0.25) is 9.78 Å². The highest BCUT2D eigenvalue weighted by molar-refractivity contribution is 7.09. The van der Waals surface area contributed by atoms with Gasteiger partial charge in [-0.2, -0.15) is 0 Å². The van der Waals surface area contributed by atoms with Crippen molar-refractivity contribution < 1.29 is 4.79 Å². The van der Waals surface area contributed by atoms with Gasteiger partial charge in [-0.1, -0.05) is 6.07 Å². The number of rotatable bonds is 7. The van der Waals surface area contributed by atoms with Gasteiger partial charge in [0, 0.05) is 36.9 Å². The summed E-state index contributed by atoms with van der Waals surface area (Å²) in [6.45, 7) is 4.57. The van der Waals surface area contributed by atoms with E-state index in [4.69, 9.17) is 0 Å². The molecule has 0 atom stereocenters. The summed E-state index contributed by atoms with van der Waals surface area (Å²) in [6.07, 6.45) is 3.19. The monoisotopic (exact) mass is 331 g/mol. The lowest BCUT2D eigenvalue weighted by Gasteiger charge is -2.11. The Morgan fingerprint density at radius 2 is 2.09 bits per heavy atom. The molecule has 0 aliphatic carbocycles. The van der Waals surface area contributed by atoms with Crippen molar-refractivity contribution >= 4 is 23.2 Å². The van der Waals surface area contributed by atoms with E-state index < -0.39 is 0 Å². The Morgan fingerprint density at radius 1 is 1.22 bits per heavy atom. The highest BCUT2D eigenvalue weighted by Gasteiger charge is 2.04. The molecule has 0 spiro atoms. The Hall–Kier alpha value is -2.41. The zero-order chi connectivity index (χ0) is 16.3. The van der Waals surface area contributed by atoms with Crippen molar-refractivity contribution in [2.75, 3.05) is 19.6 Å². The molecule has 3 N–H and O–H groups in total. The second kappa shape index (κ2) is 9.58. The molecular formula is C16H21N5OS. The molecule has 2 rings (SSSR count). The molecule has 0 aliphatic rings. The molecule has 0 saturated carbocycles. The van der Waals surface area contributed by atoms with Gasteiger partial charge in [-0.15, -0.1) is 11.3 Å². The Morgan fingerprint density at radius 3 is 2.78 bits per heavy atom. The van der Waals surface area contributed by atoms with E-state index in [2.05, 4.69) is 32.0 Å². The van der Waals surface area contributed by atoms with Crippen LogP contribution in [-0.2, 0) is 6.54 Å². The van der Waals surface area contributed by atoms with Crippen molar-refractivity contribution in [3.05, 3.63) is 52.5 Å². The van der Waals surface area contributed by atoms with Crippen molar-refractivity contribution in [1.82, 2.24) is 20.9 Å². The van der Waals surface area contributed by atoms with E-state index in [0.29, 0.717) is 25.2 Å². The number of hydrogen-bond donors (Lipinski definition) is 3. The molecule has 0 unspecified atom stereocenters. The molecule has 2 heterocycles. The molecule has 2 aromatic rings. The number of carbonyl (C=O) groups is 1. The topological polar surface area (TPSA) is 78.4 Å². The summed E-state index contributed by atoms with van der Waals surface area (Å²) in [5.41, 5.74) is 0.561. The average Bonchev–Trinajstić information content (AvgIpc) is 3.10. The standard InChI is InChI=1S/C16H21N5OS/c1-2-18-16(21-12-14-6-4-10-23-14)20-9-8-19-15(22)13-5-3-7-17-11-13/h3-7,10-11H,2,8-9,12H2,1H3,(H,19,22)(H2,18,20,21). The Labute approximate surface area is 140 Å². The van der Waals surface area contributed by atoms with Crippen molar-refractivity contribution in [3.63, 3.8) is 0 Å². The van der Waals surface area contributed by atoms with Gasteiger partial charge in [0.05, 0.1) is 12.1 Å². The van der Waals surface area contributed by atoms with Gasteiger partial charge in [0.2, 0.25) is 0 Å². The van der Waals surface area contributed by atoms with Crippen LogP contribution in [0.4, 0.5) is 0 Å². The molecule has 0 aliphatic heterocycles. The van der Waals surface area contributed by atoms with Crippen LogP contribution in [0.25, 0.3) is 0 Å². The summed E-state index contributed by atoms with van der Waals surface area (Å²) >= 11 is 1.69. The maximum absolute atomic E-state index is 11.9. The maximum atomic E-state index is 11.9. The van der Waals surface area contributed by atoms with Gasteiger partial charge in [0.1, 0.15) is 0 Å². The van der Waals surface area contributed by atoms with Crippen molar-refractivity contribution in [1.29, 1.82) is 0 Å². The molecule has 1 amide bonds. The normalized spacial score (nSPS) is 11.1. The van der Waals surface area contributed by atoms with E-state index in [-0.39, 0.29) is 5.91 Å². The van der Waals surface area contributed by atoms with E-state index in [9.17, 15) is 4.79 Å². The predicted octanol–water partition coefficient (Wildman–Crippen LogP) is 1.63. The van der Waals surface area contributed by atoms with E-state index in [1.807, 2.05) is 18.4 Å². The first kappa shape index (κ1) is 17.0. The number of guanidine groups is 1.